The molecule has 0 unspecified atom stereocenters. The molecule has 0 aliphatic heterocycles. The lowest BCUT2D eigenvalue weighted by Crippen LogP contribution is -2.13. The second-order valence-corrected chi connectivity index (χ2v) is 9.69. The van der Waals surface area contributed by atoms with Crippen molar-refractivity contribution in [2.45, 2.75) is 123 Å². The minimum absolute atomic E-state index is 0.627. The van der Waals surface area contributed by atoms with Gasteiger partial charge in [-0.05, 0) is 75.4 Å². The molecule has 0 bridgehead atoms. The third-order valence-electron chi connectivity index (χ3n) is 7.20. The molecule has 0 spiro atoms. The summed E-state index contributed by atoms with van der Waals surface area (Å²) in [5.41, 5.74) is 0. The molecule has 2 rings (SSSR count). The van der Waals surface area contributed by atoms with E-state index in [1.165, 1.54) is 109 Å². The molecule has 29 heavy (non-hydrogen) atoms. The van der Waals surface area contributed by atoms with Gasteiger partial charge < -0.3 is 0 Å². The van der Waals surface area contributed by atoms with E-state index in [-0.39, 0.29) is 0 Å². The maximum Gasteiger partial charge on any atom is 0.0206 e. The first-order valence-corrected chi connectivity index (χ1v) is 13.0. The van der Waals surface area contributed by atoms with Gasteiger partial charge in [-0.15, -0.1) is 0 Å². The zero-order valence-corrected chi connectivity index (χ0v) is 19.5. The average molecular weight is 395 g/mol. The molecule has 0 saturated heterocycles. The fourth-order valence-corrected chi connectivity index (χ4v) is 5.15. The Kier molecular flexibility index (Phi) is 13.0. The number of hydrogen-bond acceptors (Lipinski definition) is 0. The van der Waals surface area contributed by atoms with E-state index in [0.717, 1.165) is 11.8 Å². The van der Waals surface area contributed by atoms with Crippen LogP contribution in [-0.4, -0.2) is 0 Å². The molecule has 0 amide bonds. The highest BCUT2D eigenvalue weighted by molar-refractivity contribution is 5.26. The number of unbranched alkanes of at least 4 members (excludes halogenated alkanes) is 5. The van der Waals surface area contributed by atoms with Crippen LogP contribution in [0.25, 0.3) is 0 Å². The molecule has 2 aliphatic carbocycles. The van der Waals surface area contributed by atoms with Gasteiger partial charge in [0.15, 0.2) is 0 Å². The van der Waals surface area contributed by atoms with Crippen LogP contribution >= 0.6 is 0 Å². The van der Waals surface area contributed by atoms with Gasteiger partial charge in [-0.1, -0.05) is 95.3 Å². The van der Waals surface area contributed by atoms with E-state index in [9.17, 15) is 0 Å². The van der Waals surface area contributed by atoms with E-state index in [0.29, 0.717) is 11.8 Å². The first-order chi connectivity index (χ1) is 14.3. The third kappa shape index (κ3) is 11.0. The van der Waals surface area contributed by atoms with Crippen molar-refractivity contribution in [1.82, 2.24) is 0 Å². The normalized spacial score (nSPS) is 27.1. The molecule has 0 aromatic carbocycles. The molecule has 2 saturated carbocycles. The standard InChI is InChI=1S/C29H46/c1-3-5-7-11-15-27-22-24-29(25-23-27)17-13-9-8-12-16-28-20-18-26(19-21-28)14-10-6-4-2/h8-9,26-29H,3-7,10-11,14-15,18-25H2,1-2H3/b9-8+/t26-,27-,28-,29-. The van der Waals surface area contributed by atoms with Crippen molar-refractivity contribution < 1.29 is 0 Å². The maximum absolute atomic E-state index is 3.48. The fourth-order valence-electron chi connectivity index (χ4n) is 5.15. The Hall–Kier alpha value is -1.14. The molecule has 0 aromatic heterocycles. The van der Waals surface area contributed by atoms with E-state index in [1.54, 1.807) is 0 Å². The zero-order valence-electron chi connectivity index (χ0n) is 19.5. The van der Waals surface area contributed by atoms with Crippen molar-refractivity contribution in [3.8, 4) is 23.7 Å². The first kappa shape index (κ1) is 24.1. The molecule has 0 atom stereocenters. The lowest BCUT2D eigenvalue weighted by Gasteiger charge is -2.25. The molecule has 0 aromatic rings. The van der Waals surface area contributed by atoms with Crippen LogP contribution in [0, 0.1) is 47.4 Å². The fraction of sp³-hybridized carbons (Fsp3) is 0.793. The highest BCUT2D eigenvalue weighted by atomic mass is 14.2. The minimum Gasteiger partial charge on any atom is -0.0951 e. The minimum atomic E-state index is 0.627. The van der Waals surface area contributed by atoms with Gasteiger partial charge in [0.2, 0.25) is 0 Å². The summed E-state index contributed by atoms with van der Waals surface area (Å²) >= 11 is 0. The van der Waals surface area contributed by atoms with Gasteiger partial charge in [0, 0.05) is 11.8 Å². The van der Waals surface area contributed by atoms with Crippen molar-refractivity contribution in [2.24, 2.45) is 23.7 Å². The first-order valence-electron chi connectivity index (χ1n) is 13.0. The van der Waals surface area contributed by atoms with Gasteiger partial charge in [0.1, 0.15) is 0 Å². The summed E-state index contributed by atoms with van der Waals surface area (Å²) < 4.78 is 0. The van der Waals surface area contributed by atoms with Gasteiger partial charge in [-0.3, -0.25) is 0 Å². The quantitative estimate of drug-likeness (QED) is 0.271. The Morgan fingerprint density at radius 1 is 0.552 bits per heavy atom. The van der Waals surface area contributed by atoms with Gasteiger partial charge >= 0.3 is 0 Å². The summed E-state index contributed by atoms with van der Waals surface area (Å²) in [4.78, 5) is 0. The van der Waals surface area contributed by atoms with Crippen LogP contribution in [0.2, 0.25) is 0 Å². The largest absolute Gasteiger partial charge is 0.0951 e. The number of rotatable bonds is 9. The summed E-state index contributed by atoms with van der Waals surface area (Å²) in [5, 5.41) is 0. The van der Waals surface area contributed by atoms with Crippen molar-refractivity contribution >= 4 is 0 Å². The zero-order chi connectivity index (χ0) is 20.6. The van der Waals surface area contributed by atoms with Crippen LogP contribution in [-0.2, 0) is 0 Å². The second-order valence-electron chi connectivity index (χ2n) is 9.69. The predicted molar refractivity (Wildman–Crippen MR) is 128 cm³/mol. The van der Waals surface area contributed by atoms with Crippen LogP contribution in [0.15, 0.2) is 12.2 Å². The molecule has 2 aliphatic rings. The molecule has 0 nitrogen and oxygen atoms in total. The van der Waals surface area contributed by atoms with Crippen molar-refractivity contribution in [3.05, 3.63) is 12.2 Å². The SMILES string of the molecule is CCCCCC[C@H]1CC[C@H](C#C/C=C/C#C[C@H]2CC[C@H](CCCCC)CC2)CC1. The van der Waals surface area contributed by atoms with Crippen LogP contribution in [0.4, 0.5) is 0 Å². The van der Waals surface area contributed by atoms with Crippen LogP contribution in [0.1, 0.15) is 123 Å². The van der Waals surface area contributed by atoms with Crippen LogP contribution in [0.5, 0.6) is 0 Å². The molecular weight excluding hydrogens is 348 g/mol. The lowest BCUT2D eigenvalue weighted by atomic mass is 9.80. The van der Waals surface area contributed by atoms with E-state index in [1.807, 2.05) is 12.2 Å². The Labute approximate surface area is 182 Å². The van der Waals surface area contributed by atoms with E-state index in [4.69, 9.17) is 0 Å². The van der Waals surface area contributed by atoms with E-state index < -0.39 is 0 Å². The van der Waals surface area contributed by atoms with Crippen molar-refractivity contribution in [1.29, 1.82) is 0 Å². The molecular formula is C29H46. The Morgan fingerprint density at radius 3 is 1.41 bits per heavy atom. The van der Waals surface area contributed by atoms with Crippen molar-refractivity contribution in [2.75, 3.05) is 0 Å². The topological polar surface area (TPSA) is 0 Å². The predicted octanol–water partition coefficient (Wildman–Crippen LogP) is 8.71. The molecule has 162 valence electrons. The average Bonchev–Trinajstić information content (AvgIpc) is 2.76. The van der Waals surface area contributed by atoms with Gasteiger partial charge in [0.05, 0.1) is 0 Å². The molecule has 0 N–H and O–H groups in total. The monoisotopic (exact) mass is 394 g/mol. The molecule has 2 fully saturated rings. The molecule has 0 heteroatoms. The Morgan fingerprint density at radius 2 is 0.966 bits per heavy atom. The summed E-state index contributed by atoms with van der Waals surface area (Å²) in [7, 11) is 0. The van der Waals surface area contributed by atoms with E-state index >= 15 is 0 Å². The van der Waals surface area contributed by atoms with Gasteiger partial charge in [-0.2, -0.15) is 0 Å². The Bertz CT molecular complexity index is 544. The van der Waals surface area contributed by atoms with Gasteiger partial charge in [-0.25, -0.2) is 0 Å². The summed E-state index contributed by atoms with van der Waals surface area (Å²) in [6, 6.07) is 0. The molecule has 0 heterocycles. The third-order valence-corrected chi connectivity index (χ3v) is 7.20. The van der Waals surface area contributed by atoms with Crippen LogP contribution in [0.3, 0.4) is 0 Å². The second kappa shape index (κ2) is 15.7. The smallest absolute Gasteiger partial charge is 0.0206 e. The maximum atomic E-state index is 3.48. The van der Waals surface area contributed by atoms with Crippen LogP contribution < -0.4 is 0 Å². The number of allylic oxidation sites excluding steroid dienone is 2. The summed E-state index contributed by atoms with van der Waals surface area (Å²) in [6.45, 7) is 4.59. The number of hydrogen-bond donors (Lipinski definition) is 0. The summed E-state index contributed by atoms with van der Waals surface area (Å²) in [6.07, 6.45) is 27.5. The van der Waals surface area contributed by atoms with Gasteiger partial charge in [0.25, 0.3) is 0 Å². The highest BCUT2D eigenvalue weighted by Crippen LogP contribution is 2.32. The highest BCUT2D eigenvalue weighted by Gasteiger charge is 2.20. The van der Waals surface area contributed by atoms with Crippen molar-refractivity contribution in [3.63, 3.8) is 0 Å². The lowest BCUT2D eigenvalue weighted by molar-refractivity contribution is 0.294. The Balaban J connectivity index is 1.56. The van der Waals surface area contributed by atoms with E-state index in [2.05, 4.69) is 37.5 Å². The summed E-state index contributed by atoms with van der Waals surface area (Å²) in [5.74, 6) is 16.7. The molecule has 0 radical (unpaired) electrons.